The highest BCUT2D eigenvalue weighted by atomic mass is 35.5. The Labute approximate surface area is 261 Å². The van der Waals surface area contributed by atoms with E-state index in [1.807, 2.05) is 23.2 Å². The van der Waals surface area contributed by atoms with Crippen molar-refractivity contribution in [2.24, 2.45) is 0 Å². The lowest BCUT2D eigenvalue weighted by molar-refractivity contribution is -0.133. The van der Waals surface area contributed by atoms with E-state index in [-0.39, 0.29) is 30.3 Å². The number of hydrogen-bond acceptors (Lipinski definition) is 9. The third kappa shape index (κ3) is 5.86. The van der Waals surface area contributed by atoms with E-state index < -0.39 is 10.0 Å². The molecule has 4 aromatic rings. The lowest BCUT2D eigenvalue weighted by atomic mass is 10.2. The molecule has 2 atom stereocenters. The predicted molar refractivity (Wildman–Crippen MR) is 168 cm³/mol. The Morgan fingerprint density at radius 3 is 2.59 bits per heavy atom. The van der Waals surface area contributed by atoms with E-state index in [4.69, 9.17) is 16.6 Å². The summed E-state index contributed by atoms with van der Waals surface area (Å²) in [6.45, 7) is 4.54. The molecule has 0 saturated carbocycles. The van der Waals surface area contributed by atoms with Gasteiger partial charge in [-0.2, -0.15) is 14.4 Å². The molecule has 2 bridgehead atoms. The maximum absolute atomic E-state index is 13.5. The first-order valence-electron chi connectivity index (χ1n) is 14.8. The van der Waals surface area contributed by atoms with Gasteiger partial charge in [-0.15, -0.1) is 5.10 Å². The van der Waals surface area contributed by atoms with Crippen LogP contribution in [0.3, 0.4) is 0 Å². The SMILES string of the molecule is CN1CCN(C(=O)Cn2cc(Nc3nc4c(N5CC6CCC(C5)N6S(=O)(=O)Cc5cccc(Cl)c5)cccn4n3)cn2)CC1. The number of pyridine rings is 1. The van der Waals surface area contributed by atoms with Gasteiger partial charge < -0.3 is 20.0 Å². The number of halogens is 1. The number of rotatable bonds is 8. The molecule has 0 aliphatic carbocycles. The number of nitrogens with one attached hydrogen (secondary N) is 1. The number of benzene rings is 1. The van der Waals surface area contributed by atoms with Gasteiger partial charge in [0.25, 0.3) is 0 Å². The second-order valence-electron chi connectivity index (χ2n) is 11.8. The van der Waals surface area contributed by atoms with Crippen molar-refractivity contribution >= 4 is 50.5 Å². The van der Waals surface area contributed by atoms with Gasteiger partial charge in [0.15, 0.2) is 5.65 Å². The molecule has 1 N–H and O–H groups in total. The van der Waals surface area contributed by atoms with Crippen molar-refractivity contribution in [1.82, 2.24) is 38.5 Å². The Balaban J connectivity index is 1.03. The fraction of sp³-hybridized carbons (Fsp3) is 0.448. The molecule has 3 aromatic heterocycles. The predicted octanol–water partition coefficient (Wildman–Crippen LogP) is 2.28. The molecule has 44 heavy (non-hydrogen) atoms. The highest BCUT2D eigenvalue weighted by molar-refractivity contribution is 7.88. The van der Waals surface area contributed by atoms with Crippen LogP contribution in [-0.2, 0) is 27.1 Å². The molecule has 2 unspecified atom stereocenters. The number of fused-ring (bicyclic) bond motifs is 3. The molecule has 3 aliphatic heterocycles. The molecule has 1 aromatic carbocycles. The molecule has 232 valence electrons. The van der Waals surface area contributed by atoms with Crippen molar-refractivity contribution < 1.29 is 13.2 Å². The summed E-state index contributed by atoms with van der Waals surface area (Å²) in [6, 6.07) is 10.8. The number of piperazine rings is 2. The Morgan fingerprint density at radius 2 is 1.84 bits per heavy atom. The molecule has 15 heteroatoms. The molecular weight excluding hydrogens is 604 g/mol. The topological polar surface area (TPSA) is 124 Å². The first kappa shape index (κ1) is 29.0. The van der Waals surface area contributed by atoms with Crippen LogP contribution in [0.5, 0.6) is 0 Å². The molecule has 0 spiro atoms. The van der Waals surface area contributed by atoms with Gasteiger partial charge in [-0.05, 0) is 49.7 Å². The number of carbonyl (C=O) groups is 1. The Hall–Kier alpha value is -3.72. The summed E-state index contributed by atoms with van der Waals surface area (Å²) in [6.07, 6.45) is 6.92. The van der Waals surface area contributed by atoms with Gasteiger partial charge in [0.1, 0.15) is 6.54 Å². The normalized spacial score (nSPS) is 21.3. The lowest BCUT2D eigenvalue weighted by Crippen LogP contribution is -2.56. The summed E-state index contributed by atoms with van der Waals surface area (Å²) in [7, 11) is -1.45. The summed E-state index contributed by atoms with van der Waals surface area (Å²) in [5, 5.41) is 12.7. The van der Waals surface area contributed by atoms with E-state index in [0.717, 1.165) is 44.7 Å². The minimum absolute atomic E-state index is 0.0505. The van der Waals surface area contributed by atoms with Gasteiger partial charge >= 0.3 is 0 Å². The number of likely N-dealkylation sites (N-methyl/N-ethyl adjacent to an activating group) is 1. The maximum atomic E-state index is 13.5. The molecule has 7 rings (SSSR count). The third-order valence-corrected chi connectivity index (χ3v) is 10.9. The van der Waals surface area contributed by atoms with Gasteiger partial charge in [0.2, 0.25) is 21.9 Å². The van der Waals surface area contributed by atoms with Crippen molar-refractivity contribution in [2.75, 3.05) is 56.5 Å². The summed E-state index contributed by atoms with van der Waals surface area (Å²) in [5.41, 5.74) is 2.97. The minimum atomic E-state index is -3.51. The van der Waals surface area contributed by atoms with E-state index in [2.05, 4.69) is 32.4 Å². The minimum Gasteiger partial charge on any atom is -0.365 e. The third-order valence-electron chi connectivity index (χ3n) is 8.70. The monoisotopic (exact) mass is 638 g/mol. The standard InChI is InChI=1S/C29H35ClN10O3S/c1-35-10-12-36(13-11-35)27(41)19-38-16-23(15-31-38)32-29-33-28-26(6-3-9-39(28)34-29)37-17-24-7-8-25(18-37)40(24)44(42,43)20-21-4-2-5-22(30)14-21/h2-6,9,14-16,24-25H,7-8,10-13,17-20H2,1H3,(H,32,34). The summed E-state index contributed by atoms with van der Waals surface area (Å²) in [5.74, 6) is 0.401. The highest BCUT2D eigenvalue weighted by Crippen LogP contribution is 2.37. The van der Waals surface area contributed by atoms with Crippen LogP contribution in [0.25, 0.3) is 5.65 Å². The quantitative estimate of drug-likeness (QED) is 0.310. The molecule has 3 fully saturated rings. The number of nitrogens with zero attached hydrogens (tertiary/aromatic N) is 9. The average Bonchev–Trinajstić information content (AvgIpc) is 3.68. The summed E-state index contributed by atoms with van der Waals surface area (Å²) >= 11 is 6.11. The molecule has 3 aliphatic rings. The fourth-order valence-electron chi connectivity index (χ4n) is 6.56. The zero-order valence-electron chi connectivity index (χ0n) is 24.5. The van der Waals surface area contributed by atoms with Gasteiger partial charge in [-0.3, -0.25) is 9.48 Å². The van der Waals surface area contributed by atoms with Crippen molar-refractivity contribution in [3.63, 3.8) is 0 Å². The van der Waals surface area contributed by atoms with Crippen LogP contribution >= 0.6 is 11.6 Å². The number of anilines is 3. The summed E-state index contributed by atoms with van der Waals surface area (Å²) in [4.78, 5) is 23.8. The zero-order valence-corrected chi connectivity index (χ0v) is 26.0. The van der Waals surface area contributed by atoms with E-state index in [1.165, 1.54) is 0 Å². The van der Waals surface area contributed by atoms with Crippen molar-refractivity contribution in [3.8, 4) is 0 Å². The van der Waals surface area contributed by atoms with E-state index >= 15 is 0 Å². The van der Waals surface area contributed by atoms with Crippen LogP contribution in [0.1, 0.15) is 18.4 Å². The highest BCUT2D eigenvalue weighted by Gasteiger charge is 2.46. The summed E-state index contributed by atoms with van der Waals surface area (Å²) < 4.78 is 32.1. The van der Waals surface area contributed by atoms with Crippen molar-refractivity contribution in [2.45, 2.75) is 37.2 Å². The maximum Gasteiger partial charge on any atom is 0.247 e. The number of carbonyl (C=O) groups excluding carboxylic acids is 1. The zero-order chi connectivity index (χ0) is 30.4. The van der Waals surface area contributed by atoms with Crippen molar-refractivity contribution in [1.29, 1.82) is 0 Å². The van der Waals surface area contributed by atoms with Crippen LogP contribution in [0.2, 0.25) is 5.02 Å². The Kier molecular flexibility index (Phi) is 7.69. The molecule has 1 amide bonds. The van der Waals surface area contributed by atoms with E-state index in [9.17, 15) is 13.2 Å². The van der Waals surface area contributed by atoms with Crippen LogP contribution < -0.4 is 10.2 Å². The number of aromatic nitrogens is 5. The molecule has 13 nitrogen and oxygen atoms in total. The smallest absolute Gasteiger partial charge is 0.247 e. The van der Waals surface area contributed by atoms with E-state index in [0.29, 0.717) is 41.0 Å². The lowest BCUT2D eigenvalue weighted by Gasteiger charge is -2.41. The van der Waals surface area contributed by atoms with Gasteiger partial charge in [-0.25, -0.2) is 12.9 Å². The average molecular weight is 639 g/mol. The Morgan fingerprint density at radius 1 is 1.07 bits per heavy atom. The molecule has 0 radical (unpaired) electrons. The number of sulfonamides is 1. The largest absolute Gasteiger partial charge is 0.365 e. The first-order valence-corrected chi connectivity index (χ1v) is 16.8. The fourth-order valence-corrected chi connectivity index (χ4v) is 8.77. The second kappa shape index (κ2) is 11.7. The van der Waals surface area contributed by atoms with Crippen LogP contribution in [0.15, 0.2) is 55.0 Å². The van der Waals surface area contributed by atoms with E-state index in [1.54, 1.807) is 50.2 Å². The van der Waals surface area contributed by atoms with Crippen molar-refractivity contribution in [3.05, 3.63) is 65.6 Å². The van der Waals surface area contributed by atoms with Gasteiger partial charge in [0.05, 0.1) is 23.3 Å². The Bertz CT molecular complexity index is 1770. The molecular formula is C29H35ClN10O3S. The molecule has 6 heterocycles. The first-order chi connectivity index (χ1) is 21.2. The van der Waals surface area contributed by atoms with Crippen LogP contribution in [0, 0.1) is 0 Å². The second-order valence-corrected chi connectivity index (χ2v) is 14.1. The number of amides is 1. The van der Waals surface area contributed by atoms with Gasteiger partial charge in [0, 0.05) is 68.8 Å². The number of hydrogen-bond donors (Lipinski definition) is 1. The molecule has 3 saturated heterocycles. The van der Waals surface area contributed by atoms with Crippen LogP contribution in [0.4, 0.5) is 17.3 Å². The van der Waals surface area contributed by atoms with Gasteiger partial charge in [-0.1, -0.05) is 23.7 Å². The van der Waals surface area contributed by atoms with Crippen LogP contribution in [-0.4, -0.2) is 111 Å².